The Hall–Kier alpha value is -0.0800. The van der Waals surface area contributed by atoms with Crippen LogP contribution in [0.3, 0.4) is 0 Å². The molecule has 0 aromatic rings. The van der Waals surface area contributed by atoms with Crippen molar-refractivity contribution in [2.75, 3.05) is 19.6 Å². The van der Waals surface area contributed by atoms with E-state index in [2.05, 4.69) is 18.7 Å². The van der Waals surface area contributed by atoms with Crippen LogP contribution in [0.15, 0.2) is 0 Å². The molecule has 2 atom stereocenters. The summed E-state index contributed by atoms with van der Waals surface area (Å²) >= 11 is 0. The summed E-state index contributed by atoms with van der Waals surface area (Å²) in [6, 6.07) is 0. The monoisotopic (exact) mass is 238 g/mol. The quantitative estimate of drug-likeness (QED) is 0.771. The van der Waals surface area contributed by atoms with Crippen LogP contribution in [0.2, 0.25) is 0 Å². The van der Waals surface area contributed by atoms with Gasteiger partial charge in [0.25, 0.3) is 0 Å². The zero-order valence-electron chi connectivity index (χ0n) is 11.8. The van der Waals surface area contributed by atoms with Crippen molar-refractivity contribution in [2.24, 2.45) is 17.6 Å². The third kappa shape index (κ3) is 2.68. The van der Waals surface area contributed by atoms with Gasteiger partial charge < -0.3 is 5.73 Å². The Bertz CT molecular complexity index is 237. The minimum atomic E-state index is 0.352. The molecule has 2 aliphatic rings. The molecule has 100 valence electrons. The van der Waals surface area contributed by atoms with Crippen LogP contribution in [0, 0.1) is 11.8 Å². The highest BCUT2D eigenvalue weighted by atomic mass is 15.2. The first-order chi connectivity index (χ1) is 8.24. The second kappa shape index (κ2) is 5.71. The molecule has 2 N–H and O–H groups in total. The average Bonchev–Trinajstić information content (AvgIpc) is 2.73. The Labute approximate surface area is 107 Å². The van der Waals surface area contributed by atoms with Crippen molar-refractivity contribution in [1.82, 2.24) is 4.90 Å². The molecule has 0 aromatic carbocycles. The van der Waals surface area contributed by atoms with Crippen LogP contribution in [0.25, 0.3) is 0 Å². The molecule has 2 rings (SSSR count). The fourth-order valence-corrected chi connectivity index (χ4v) is 3.81. The molecule has 0 heterocycles. The summed E-state index contributed by atoms with van der Waals surface area (Å²) in [5.74, 6) is 1.90. The van der Waals surface area contributed by atoms with E-state index in [1.165, 1.54) is 58.0 Å². The van der Waals surface area contributed by atoms with Gasteiger partial charge in [-0.2, -0.15) is 0 Å². The Balaban J connectivity index is 1.98. The zero-order chi connectivity index (χ0) is 12.3. The first-order valence-corrected chi connectivity index (χ1v) is 7.69. The van der Waals surface area contributed by atoms with Crippen LogP contribution in [0.4, 0.5) is 0 Å². The van der Waals surface area contributed by atoms with Crippen molar-refractivity contribution in [2.45, 2.75) is 64.3 Å². The Morgan fingerprint density at radius 1 is 1.18 bits per heavy atom. The Morgan fingerprint density at radius 3 is 2.35 bits per heavy atom. The van der Waals surface area contributed by atoms with Gasteiger partial charge in [-0.3, -0.25) is 4.90 Å². The maximum atomic E-state index is 6.16. The number of rotatable bonds is 6. The molecule has 0 spiro atoms. The minimum absolute atomic E-state index is 0.352. The number of nitrogens with two attached hydrogens (primary N) is 1. The number of nitrogens with zero attached hydrogens (tertiary/aromatic N) is 1. The molecule has 0 amide bonds. The summed E-state index contributed by atoms with van der Waals surface area (Å²) in [7, 11) is 0. The van der Waals surface area contributed by atoms with E-state index in [0.717, 1.165) is 18.4 Å². The van der Waals surface area contributed by atoms with E-state index >= 15 is 0 Å². The van der Waals surface area contributed by atoms with E-state index < -0.39 is 0 Å². The summed E-state index contributed by atoms with van der Waals surface area (Å²) in [5.41, 5.74) is 6.51. The second-order valence-electron chi connectivity index (χ2n) is 6.28. The standard InChI is InChI=1S/C15H30N2/c1-3-13-8-9-15(10-13,12-16)17(4-2)11-14-6-5-7-14/h13-14H,3-12,16H2,1-2H3. The summed E-state index contributed by atoms with van der Waals surface area (Å²) in [4.78, 5) is 2.73. The van der Waals surface area contributed by atoms with Crippen molar-refractivity contribution < 1.29 is 0 Å². The van der Waals surface area contributed by atoms with Gasteiger partial charge in [-0.05, 0) is 50.5 Å². The van der Waals surface area contributed by atoms with Crippen molar-refractivity contribution in [1.29, 1.82) is 0 Å². The molecular formula is C15H30N2. The van der Waals surface area contributed by atoms with E-state index in [9.17, 15) is 0 Å². The van der Waals surface area contributed by atoms with Crippen LogP contribution < -0.4 is 5.73 Å². The van der Waals surface area contributed by atoms with Crippen LogP contribution in [-0.2, 0) is 0 Å². The molecule has 2 aliphatic carbocycles. The fourth-order valence-electron chi connectivity index (χ4n) is 3.81. The minimum Gasteiger partial charge on any atom is -0.329 e. The summed E-state index contributed by atoms with van der Waals surface area (Å²) in [6.07, 6.45) is 9.78. The predicted octanol–water partition coefficient (Wildman–Crippen LogP) is 3.02. The molecule has 0 saturated heterocycles. The SMILES string of the molecule is CCC1CCC(CN)(N(CC)CC2CCC2)C1. The van der Waals surface area contributed by atoms with Gasteiger partial charge in [0.05, 0.1) is 0 Å². The first kappa shape index (κ1) is 13.4. The largest absolute Gasteiger partial charge is 0.329 e. The number of hydrogen-bond donors (Lipinski definition) is 1. The van der Waals surface area contributed by atoms with E-state index in [-0.39, 0.29) is 0 Å². The van der Waals surface area contributed by atoms with Gasteiger partial charge in [0.15, 0.2) is 0 Å². The Kier molecular flexibility index (Phi) is 4.48. The van der Waals surface area contributed by atoms with Gasteiger partial charge in [-0.15, -0.1) is 0 Å². The lowest BCUT2D eigenvalue weighted by atomic mass is 9.83. The van der Waals surface area contributed by atoms with Crippen molar-refractivity contribution in [3.05, 3.63) is 0 Å². The predicted molar refractivity (Wildman–Crippen MR) is 74.0 cm³/mol. The highest BCUT2D eigenvalue weighted by Gasteiger charge is 2.42. The normalized spacial score (nSPS) is 34.2. The molecular weight excluding hydrogens is 208 g/mol. The van der Waals surface area contributed by atoms with Crippen LogP contribution >= 0.6 is 0 Å². The van der Waals surface area contributed by atoms with Gasteiger partial charge in [0.1, 0.15) is 0 Å². The lowest BCUT2D eigenvalue weighted by Crippen LogP contribution is -2.54. The molecule has 0 bridgehead atoms. The molecule has 0 aromatic heterocycles. The van der Waals surface area contributed by atoms with Gasteiger partial charge in [0.2, 0.25) is 0 Å². The van der Waals surface area contributed by atoms with E-state index in [0.29, 0.717) is 5.54 Å². The van der Waals surface area contributed by atoms with Gasteiger partial charge >= 0.3 is 0 Å². The summed E-state index contributed by atoms with van der Waals surface area (Å²) < 4.78 is 0. The number of hydrogen-bond acceptors (Lipinski definition) is 2. The molecule has 2 saturated carbocycles. The van der Waals surface area contributed by atoms with Crippen LogP contribution in [0.5, 0.6) is 0 Å². The molecule has 2 heteroatoms. The van der Waals surface area contributed by atoms with Crippen LogP contribution in [-0.4, -0.2) is 30.1 Å². The fraction of sp³-hybridized carbons (Fsp3) is 1.00. The van der Waals surface area contributed by atoms with Crippen molar-refractivity contribution >= 4 is 0 Å². The first-order valence-electron chi connectivity index (χ1n) is 7.69. The highest BCUT2D eigenvalue weighted by molar-refractivity contribution is 4.99. The molecule has 2 fully saturated rings. The average molecular weight is 238 g/mol. The maximum Gasteiger partial charge on any atom is 0.0334 e. The topological polar surface area (TPSA) is 29.3 Å². The number of likely N-dealkylation sites (N-methyl/N-ethyl adjacent to an activating group) is 1. The lowest BCUT2D eigenvalue weighted by Gasteiger charge is -2.44. The van der Waals surface area contributed by atoms with E-state index in [1.807, 2.05) is 0 Å². The maximum absolute atomic E-state index is 6.16. The van der Waals surface area contributed by atoms with Gasteiger partial charge in [0, 0.05) is 18.6 Å². The molecule has 2 unspecified atom stereocenters. The van der Waals surface area contributed by atoms with E-state index in [1.54, 1.807) is 0 Å². The lowest BCUT2D eigenvalue weighted by molar-refractivity contribution is 0.0643. The molecule has 0 radical (unpaired) electrons. The smallest absolute Gasteiger partial charge is 0.0334 e. The van der Waals surface area contributed by atoms with Crippen molar-refractivity contribution in [3.63, 3.8) is 0 Å². The highest BCUT2D eigenvalue weighted by Crippen LogP contribution is 2.41. The molecule has 2 nitrogen and oxygen atoms in total. The third-order valence-electron chi connectivity index (χ3n) is 5.40. The van der Waals surface area contributed by atoms with Crippen LogP contribution in [0.1, 0.15) is 58.8 Å². The Morgan fingerprint density at radius 2 is 1.94 bits per heavy atom. The van der Waals surface area contributed by atoms with Gasteiger partial charge in [-0.25, -0.2) is 0 Å². The third-order valence-corrected chi connectivity index (χ3v) is 5.40. The zero-order valence-corrected chi connectivity index (χ0v) is 11.8. The van der Waals surface area contributed by atoms with E-state index in [4.69, 9.17) is 5.73 Å². The second-order valence-corrected chi connectivity index (χ2v) is 6.28. The summed E-state index contributed by atoms with van der Waals surface area (Å²) in [5, 5.41) is 0. The molecule has 17 heavy (non-hydrogen) atoms. The molecule has 0 aliphatic heterocycles. The summed E-state index contributed by atoms with van der Waals surface area (Å²) in [6.45, 7) is 8.01. The van der Waals surface area contributed by atoms with Crippen molar-refractivity contribution in [3.8, 4) is 0 Å². The van der Waals surface area contributed by atoms with Gasteiger partial charge in [-0.1, -0.05) is 26.7 Å².